The summed E-state index contributed by atoms with van der Waals surface area (Å²) in [6.45, 7) is 4.18. The van der Waals surface area contributed by atoms with Gasteiger partial charge < -0.3 is 19.0 Å². The Labute approximate surface area is 208 Å². The third-order valence-electron chi connectivity index (χ3n) is 5.46. The molecule has 4 aromatic rings. The van der Waals surface area contributed by atoms with Gasteiger partial charge in [-0.1, -0.05) is 48.6 Å². The number of H-pyrrole nitrogens is 1. The van der Waals surface area contributed by atoms with Crippen LogP contribution in [0.3, 0.4) is 0 Å². The molecule has 0 amide bonds. The number of rotatable bonds is 4. The zero-order valence-corrected chi connectivity index (χ0v) is 22.1. The van der Waals surface area contributed by atoms with Gasteiger partial charge in [-0.3, -0.25) is 0 Å². The van der Waals surface area contributed by atoms with E-state index in [2.05, 4.69) is 52.1 Å². The Morgan fingerprint density at radius 1 is 0.879 bits per heavy atom. The molecule has 7 heteroatoms. The third kappa shape index (κ3) is 5.76. The van der Waals surface area contributed by atoms with Gasteiger partial charge in [-0.25, -0.2) is 9.59 Å². The number of halogens is 1. The van der Waals surface area contributed by atoms with Crippen LogP contribution in [0.1, 0.15) is 46.0 Å². The van der Waals surface area contributed by atoms with Crippen LogP contribution in [-0.4, -0.2) is 40.6 Å². The monoisotopic (exact) mass is 562 g/mol. The summed E-state index contributed by atoms with van der Waals surface area (Å²) in [5.41, 5.74) is 5.64. The van der Waals surface area contributed by atoms with Crippen molar-refractivity contribution >= 4 is 56.3 Å². The molecule has 0 fully saturated rings. The molecule has 33 heavy (non-hydrogen) atoms. The van der Waals surface area contributed by atoms with Crippen LogP contribution in [0.15, 0.2) is 48.5 Å². The van der Waals surface area contributed by atoms with Crippen LogP contribution in [0, 0.1) is 0 Å². The first kappa shape index (κ1) is 26.4. The number of aromatic amines is 1. The van der Waals surface area contributed by atoms with E-state index in [0.29, 0.717) is 11.1 Å². The Morgan fingerprint density at radius 2 is 1.45 bits per heavy atom. The molecule has 0 bridgehead atoms. The lowest BCUT2D eigenvalue weighted by atomic mass is 10.1. The Bertz CT molecular complexity index is 1240. The maximum atomic E-state index is 11.6. The normalized spacial score (nSPS) is 10.2. The van der Waals surface area contributed by atoms with Crippen molar-refractivity contribution in [3.05, 3.63) is 71.0 Å². The second-order valence-electron chi connectivity index (χ2n) is 7.18. The predicted octanol–water partition coefficient (Wildman–Crippen LogP) is 6.10. The van der Waals surface area contributed by atoms with Gasteiger partial charge in [-0.05, 0) is 54.2 Å². The van der Waals surface area contributed by atoms with Crippen LogP contribution >= 0.6 is 22.6 Å². The molecule has 0 radical (unpaired) electrons. The molecule has 0 aliphatic rings. The summed E-state index contributed by atoms with van der Waals surface area (Å²) in [5.74, 6) is -0.568. The van der Waals surface area contributed by atoms with Crippen LogP contribution in [0.25, 0.3) is 21.8 Å². The maximum absolute atomic E-state index is 11.6. The first-order valence-electron chi connectivity index (χ1n) is 10.7. The third-order valence-corrected chi connectivity index (χ3v) is 5.46. The summed E-state index contributed by atoms with van der Waals surface area (Å²) in [4.78, 5) is 28.3. The molecular formula is C26H31IN2O4. The number of alkyl halides is 1. The summed E-state index contributed by atoms with van der Waals surface area (Å²) in [6, 6.07) is 15.3. The average Bonchev–Trinajstić information content (AvgIpc) is 3.45. The van der Waals surface area contributed by atoms with Crippen LogP contribution in [-0.2, 0) is 29.4 Å². The Hall–Kier alpha value is -2.81. The van der Waals surface area contributed by atoms with Gasteiger partial charge in [0.05, 0.1) is 25.3 Å². The molecule has 0 aliphatic carbocycles. The minimum atomic E-state index is -0.290. The van der Waals surface area contributed by atoms with Gasteiger partial charge in [0.25, 0.3) is 0 Å². The predicted molar refractivity (Wildman–Crippen MR) is 143 cm³/mol. The Morgan fingerprint density at radius 3 is 2.00 bits per heavy atom. The highest BCUT2D eigenvalue weighted by Crippen LogP contribution is 2.23. The number of ether oxygens (including phenoxy) is 2. The van der Waals surface area contributed by atoms with Crippen molar-refractivity contribution in [3.63, 3.8) is 0 Å². The molecule has 0 saturated heterocycles. The summed E-state index contributed by atoms with van der Waals surface area (Å²) in [7, 11) is 4.82. The quantitative estimate of drug-likeness (QED) is 0.186. The number of nitrogens with one attached hydrogen (secondary N) is 1. The number of hydrogen-bond acceptors (Lipinski definition) is 4. The summed E-state index contributed by atoms with van der Waals surface area (Å²) in [6.07, 6.45) is 1.88. The molecular weight excluding hydrogens is 531 g/mol. The van der Waals surface area contributed by atoms with E-state index < -0.39 is 0 Å². The van der Waals surface area contributed by atoms with E-state index in [-0.39, 0.29) is 11.9 Å². The van der Waals surface area contributed by atoms with Gasteiger partial charge in [0.1, 0.15) is 0 Å². The van der Waals surface area contributed by atoms with E-state index in [4.69, 9.17) is 9.47 Å². The largest absolute Gasteiger partial charge is 0.465 e. The summed E-state index contributed by atoms with van der Waals surface area (Å²) in [5, 5.41) is 1.90. The van der Waals surface area contributed by atoms with Gasteiger partial charge in [0, 0.05) is 40.2 Å². The zero-order valence-electron chi connectivity index (χ0n) is 20.0. The van der Waals surface area contributed by atoms with E-state index in [9.17, 15) is 9.59 Å². The maximum Gasteiger partial charge on any atom is 0.338 e. The molecule has 2 heterocycles. The van der Waals surface area contributed by atoms with Crippen molar-refractivity contribution in [2.45, 2.75) is 26.7 Å². The lowest BCUT2D eigenvalue weighted by molar-refractivity contribution is 0.0594. The average molecular weight is 562 g/mol. The standard InChI is InChI=1S/C13H15NO2.C12H13NO2.CH3I/c1-4-9-8-11-10(13(15)16-3)6-5-7-12(11)14(9)2;1-3-8-7-10-9(12(14)15-2)5-4-6-11(10)13-8;1-2/h5-8H,4H2,1-3H3;4-7,13H,3H2,1-2H3;1H3. The fraction of sp³-hybridized carbons (Fsp3) is 0.308. The topological polar surface area (TPSA) is 73.3 Å². The van der Waals surface area contributed by atoms with Crippen LogP contribution < -0.4 is 0 Å². The van der Waals surface area contributed by atoms with Gasteiger partial charge in [0.15, 0.2) is 0 Å². The van der Waals surface area contributed by atoms with Crippen molar-refractivity contribution in [2.75, 3.05) is 19.2 Å². The number of methoxy groups -OCH3 is 2. The number of carbonyl (C=O) groups is 2. The number of aryl methyl sites for hydroxylation is 3. The number of aromatic nitrogens is 2. The first-order valence-corrected chi connectivity index (χ1v) is 12.8. The summed E-state index contributed by atoms with van der Waals surface area (Å²) < 4.78 is 11.6. The minimum absolute atomic E-state index is 0.279. The van der Waals surface area contributed by atoms with Crippen LogP contribution in [0.4, 0.5) is 0 Å². The second kappa shape index (κ2) is 12.4. The zero-order chi connectivity index (χ0) is 24.5. The molecule has 0 spiro atoms. The second-order valence-corrected chi connectivity index (χ2v) is 7.18. The highest BCUT2D eigenvalue weighted by molar-refractivity contribution is 14.1. The van der Waals surface area contributed by atoms with Gasteiger partial charge in [0.2, 0.25) is 0 Å². The van der Waals surface area contributed by atoms with Crippen LogP contribution in [0.2, 0.25) is 0 Å². The SMILES string of the molecule is CCc1cc2c(C(=O)OC)cccc2[nH]1.CCc1cc2c(C(=O)OC)cccc2n1C.CI. The van der Waals surface area contributed by atoms with Gasteiger partial charge in [-0.15, -0.1) is 0 Å². The van der Waals surface area contributed by atoms with Crippen molar-refractivity contribution in [1.29, 1.82) is 0 Å². The van der Waals surface area contributed by atoms with E-state index in [1.54, 1.807) is 12.1 Å². The Kier molecular flexibility index (Phi) is 9.96. The van der Waals surface area contributed by atoms with Crippen molar-refractivity contribution in [2.24, 2.45) is 7.05 Å². The van der Waals surface area contributed by atoms with E-state index in [1.807, 2.05) is 42.3 Å². The molecule has 6 nitrogen and oxygen atoms in total. The number of benzene rings is 2. The molecule has 2 aromatic carbocycles. The van der Waals surface area contributed by atoms with E-state index in [1.165, 1.54) is 19.9 Å². The fourth-order valence-corrected chi connectivity index (χ4v) is 3.73. The number of carbonyl (C=O) groups excluding carboxylic acids is 2. The Balaban J connectivity index is 0.000000218. The summed E-state index contributed by atoms with van der Waals surface area (Å²) >= 11 is 2.15. The minimum Gasteiger partial charge on any atom is -0.465 e. The highest BCUT2D eigenvalue weighted by Gasteiger charge is 2.13. The van der Waals surface area contributed by atoms with E-state index in [0.717, 1.165) is 40.3 Å². The number of esters is 2. The molecule has 0 aliphatic heterocycles. The fourth-order valence-electron chi connectivity index (χ4n) is 3.73. The smallest absolute Gasteiger partial charge is 0.338 e. The highest BCUT2D eigenvalue weighted by atomic mass is 127. The molecule has 4 rings (SSSR count). The molecule has 176 valence electrons. The van der Waals surface area contributed by atoms with E-state index >= 15 is 0 Å². The van der Waals surface area contributed by atoms with Crippen molar-refractivity contribution in [3.8, 4) is 0 Å². The van der Waals surface area contributed by atoms with Crippen molar-refractivity contribution in [1.82, 2.24) is 9.55 Å². The number of hydrogen-bond donors (Lipinski definition) is 1. The lowest BCUT2D eigenvalue weighted by Crippen LogP contribution is -2.01. The lowest BCUT2D eigenvalue weighted by Gasteiger charge is -2.02. The van der Waals surface area contributed by atoms with Crippen LogP contribution in [0.5, 0.6) is 0 Å². The number of nitrogens with zero attached hydrogens (tertiary/aromatic N) is 1. The van der Waals surface area contributed by atoms with Gasteiger partial charge in [-0.2, -0.15) is 0 Å². The first-order chi connectivity index (χ1) is 15.9. The van der Waals surface area contributed by atoms with Crippen molar-refractivity contribution < 1.29 is 19.1 Å². The van der Waals surface area contributed by atoms with Gasteiger partial charge >= 0.3 is 11.9 Å². The molecule has 1 N–H and O–H groups in total. The molecule has 2 aromatic heterocycles. The number of fused-ring (bicyclic) bond motifs is 2. The molecule has 0 unspecified atom stereocenters. The molecule has 0 atom stereocenters. The molecule has 0 saturated carbocycles.